The van der Waals surface area contributed by atoms with Crippen LogP contribution in [0.1, 0.15) is 22.3 Å². The van der Waals surface area contributed by atoms with Gasteiger partial charge in [-0.3, -0.25) is 0 Å². The van der Waals surface area contributed by atoms with E-state index in [0.717, 1.165) is 0 Å². The number of carbonyl (C=O) groups excluding carboxylic acids is 1. The topological polar surface area (TPSA) is 17.1 Å². The summed E-state index contributed by atoms with van der Waals surface area (Å²) >= 11 is 0. The van der Waals surface area contributed by atoms with Gasteiger partial charge in [-0.15, -0.1) is 0 Å². The Morgan fingerprint density at radius 1 is 0.500 bits per heavy atom. The standard InChI is InChI=1S/2C8H10.CH2O/c2*1-7-3-5-8(2)6-4-7;1-2/h2*3-6H,1-2H3;1H2. The molecule has 0 aliphatic carbocycles. The Morgan fingerprint density at radius 2 is 0.611 bits per heavy atom. The number of hydrogen-bond acceptors (Lipinski definition) is 1. The molecule has 0 spiro atoms. The summed E-state index contributed by atoms with van der Waals surface area (Å²) in [5, 5.41) is 0. The van der Waals surface area contributed by atoms with Crippen molar-refractivity contribution in [3.63, 3.8) is 0 Å². The lowest BCUT2D eigenvalue weighted by Gasteiger charge is -1.90. The molecule has 2 rings (SSSR count). The minimum absolute atomic E-state index is 1.33. The van der Waals surface area contributed by atoms with Crippen LogP contribution in [0.2, 0.25) is 0 Å². The third-order valence-electron chi connectivity index (χ3n) is 2.44. The summed E-state index contributed by atoms with van der Waals surface area (Å²) in [6, 6.07) is 17.0. The van der Waals surface area contributed by atoms with Crippen LogP contribution in [0.5, 0.6) is 0 Å². The van der Waals surface area contributed by atoms with E-state index < -0.39 is 0 Å². The van der Waals surface area contributed by atoms with Crippen LogP contribution < -0.4 is 0 Å². The van der Waals surface area contributed by atoms with E-state index in [1.165, 1.54) is 22.3 Å². The maximum atomic E-state index is 8.00. The Kier molecular flexibility index (Phi) is 8.21. The zero-order chi connectivity index (χ0) is 14.0. The summed E-state index contributed by atoms with van der Waals surface area (Å²) in [5.74, 6) is 0. The van der Waals surface area contributed by atoms with Crippen molar-refractivity contribution in [1.29, 1.82) is 0 Å². The first-order valence-corrected chi connectivity index (χ1v) is 5.93. The van der Waals surface area contributed by atoms with E-state index in [-0.39, 0.29) is 0 Å². The molecule has 0 aromatic heterocycles. The maximum absolute atomic E-state index is 8.00. The molecule has 0 radical (unpaired) electrons. The van der Waals surface area contributed by atoms with Crippen LogP contribution in [0.4, 0.5) is 0 Å². The van der Waals surface area contributed by atoms with Gasteiger partial charge in [0.05, 0.1) is 0 Å². The van der Waals surface area contributed by atoms with Crippen molar-refractivity contribution in [2.24, 2.45) is 0 Å². The molecule has 0 saturated heterocycles. The third-order valence-corrected chi connectivity index (χ3v) is 2.44. The summed E-state index contributed by atoms with van der Waals surface area (Å²) in [6.07, 6.45) is 0. The van der Waals surface area contributed by atoms with Gasteiger partial charge in [0.25, 0.3) is 0 Å². The average molecular weight is 242 g/mol. The fraction of sp³-hybridized carbons (Fsp3) is 0.235. The zero-order valence-corrected chi connectivity index (χ0v) is 11.7. The summed E-state index contributed by atoms with van der Waals surface area (Å²) in [7, 11) is 0. The van der Waals surface area contributed by atoms with Gasteiger partial charge >= 0.3 is 0 Å². The van der Waals surface area contributed by atoms with E-state index in [2.05, 4.69) is 76.2 Å². The first-order chi connectivity index (χ1) is 8.58. The summed E-state index contributed by atoms with van der Waals surface area (Å²) < 4.78 is 0. The van der Waals surface area contributed by atoms with E-state index in [0.29, 0.717) is 0 Å². The largest absolute Gasteiger partial charge is 0.307 e. The molecular weight excluding hydrogens is 220 g/mol. The Hall–Kier alpha value is -1.89. The Labute approximate surface area is 110 Å². The molecule has 0 saturated carbocycles. The van der Waals surface area contributed by atoms with Crippen molar-refractivity contribution in [1.82, 2.24) is 0 Å². The molecule has 0 unspecified atom stereocenters. The van der Waals surface area contributed by atoms with E-state index >= 15 is 0 Å². The molecule has 0 fully saturated rings. The van der Waals surface area contributed by atoms with Gasteiger partial charge in [-0.2, -0.15) is 0 Å². The molecule has 0 bridgehead atoms. The van der Waals surface area contributed by atoms with Crippen molar-refractivity contribution in [2.45, 2.75) is 27.7 Å². The lowest BCUT2D eigenvalue weighted by Crippen LogP contribution is -1.70. The predicted octanol–water partition coefficient (Wildman–Crippen LogP) is 4.42. The van der Waals surface area contributed by atoms with Gasteiger partial charge in [-0.25, -0.2) is 0 Å². The number of hydrogen-bond donors (Lipinski definition) is 0. The highest BCUT2D eigenvalue weighted by Crippen LogP contribution is 2.00. The van der Waals surface area contributed by atoms with Crippen LogP contribution >= 0.6 is 0 Å². The average Bonchev–Trinajstić information content (AvgIpc) is 2.40. The fourth-order valence-corrected chi connectivity index (χ4v) is 1.27. The first kappa shape index (κ1) is 16.1. The second-order valence-corrected chi connectivity index (χ2v) is 4.31. The Morgan fingerprint density at radius 3 is 0.722 bits per heavy atom. The molecule has 96 valence electrons. The van der Waals surface area contributed by atoms with Crippen LogP contribution in [0, 0.1) is 27.7 Å². The van der Waals surface area contributed by atoms with Crippen molar-refractivity contribution < 1.29 is 4.79 Å². The number of carbonyl (C=O) groups is 1. The quantitative estimate of drug-likeness (QED) is 0.668. The molecule has 0 amide bonds. The highest BCUT2D eigenvalue weighted by atomic mass is 16.1. The molecule has 18 heavy (non-hydrogen) atoms. The number of aryl methyl sites for hydroxylation is 4. The predicted molar refractivity (Wildman–Crippen MR) is 79.0 cm³/mol. The molecule has 2 aromatic carbocycles. The zero-order valence-electron chi connectivity index (χ0n) is 11.7. The van der Waals surface area contributed by atoms with E-state index in [1.807, 2.05) is 6.79 Å². The molecule has 0 aliphatic rings. The molecule has 0 aliphatic heterocycles. The smallest absolute Gasteiger partial charge is 0.106 e. The minimum Gasteiger partial charge on any atom is -0.307 e. The van der Waals surface area contributed by atoms with Crippen molar-refractivity contribution >= 4 is 6.79 Å². The van der Waals surface area contributed by atoms with Crippen LogP contribution in [-0.2, 0) is 4.79 Å². The van der Waals surface area contributed by atoms with Crippen molar-refractivity contribution in [2.75, 3.05) is 0 Å². The number of benzene rings is 2. The Bertz CT molecular complexity index is 341. The molecule has 0 atom stereocenters. The fourth-order valence-electron chi connectivity index (χ4n) is 1.27. The molecule has 1 nitrogen and oxygen atoms in total. The SMILES string of the molecule is C=O.Cc1ccc(C)cc1.Cc1ccc(C)cc1. The highest BCUT2D eigenvalue weighted by molar-refractivity contribution is 5.20. The van der Waals surface area contributed by atoms with E-state index in [4.69, 9.17) is 4.79 Å². The number of rotatable bonds is 0. The van der Waals surface area contributed by atoms with Gasteiger partial charge in [-0.05, 0) is 27.7 Å². The first-order valence-electron chi connectivity index (χ1n) is 5.93. The van der Waals surface area contributed by atoms with E-state index in [1.54, 1.807) is 0 Å². The highest BCUT2D eigenvalue weighted by Gasteiger charge is 1.80. The third kappa shape index (κ3) is 7.39. The summed E-state index contributed by atoms with van der Waals surface area (Å²) in [6.45, 7) is 10.4. The van der Waals surface area contributed by atoms with Crippen LogP contribution in [-0.4, -0.2) is 6.79 Å². The molecule has 1 heteroatoms. The van der Waals surface area contributed by atoms with Gasteiger partial charge in [0.1, 0.15) is 6.79 Å². The second kappa shape index (κ2) is 9.17. The lowest BCUT2D eigenvalue weighted by atomic mass is 10.2. The second-order valence-electron chi connectivity index (χ2n) is 4.31. The molecule has 0 N–H and O–H groups in total. The Balaban J connectivity index is 0.000000283. The van der Waals surface area contributed by atoms with Crippen LogP contribution in [0.15, 0.2) is 48.5 Å². The molecule has 0 heterocycles. The molecule has 2 aromatic rings. The van der Waals surface area contributed by atoms with Gasteiger partial charge < -0.3 is 4.79 Å². The monoisotopic (exact) mass is 242 g/mol. The summed E-state index contributed by atoms with van der Waals surface area (Å²) in [4.78, 5) is 8.00. The van der Waals surface area contributed by atoms with Gasteiger partial charge in [0.2, 0.25) is 0 Å². The van der Waals surface area contributed by atoms with Gasteiger partial charge in [0, 0.05) is 0 Å². The van der Waals surface area contributed by atoms with Crippen LogP contribution in [0.3, 0.4) is 0 Å². The normalized spacial score (nSPS) is 8.44. The van der Waals surface area contributed by atoms with Gasteiger partial charge in [0.15, 0.2) is 0 Å². The molecular formula is C17H22O. The minimum atomic E-state index is 1.33. The van der Waals surface area contributed by atoms with Crippen molar-refractivity contribution in [3.8, 4) is 0 Å². The maximum Gasteiger partial charge on any atom is 0.106 e. The van der Waals surface area contributed by atoms with Crippen LogP contribution in [0.25, 0.3) is 0 Å². The lowest BCUT2D eigenvalue weighted by molar-refractivity contribution is -0.0979. The van der Waals surface area contributed by atoms with E-state index in [9.17, 15) is 0 Å². The van der Waals surface area contributed by atoms with Gasteiger partial charge in [-0.1, -0.05) is 70.8 Å². The van der Waals surface area contributed by atoms with Crippen molar-refractivity contribution in [3.05, 3.63) is 70.8 Å². The summed E-state index contributed by atoms with van der Waals surface area (Å²) in [5.41, 5.74) is 5.32.